The van der Waals surface area contributed by atoms with E-state index in [2.05, 4.69) is 20.6 Å². The zero-order chi connectivity index (χ0) is 17.1. The predicted octanol–water partition coefficient (Wildman–Crippen LogP) is 3.04. The van der Waals surface area contributed by atoms with E-state index in [1.54, 1.807) is 6.20 Å². The Balaban J connectivity index is 2.06. The standard InChI is InChI=1S/C18H23N5O/c1-11-4-3-5-14(19)18-21-10-16(23-18)13-7-6-12(20-2)9-15(13)22-17(24)8-11/h3-4,6-7,9-11,14,20H,5,8,19H2,1-2H3,(H,21,23)(H,22,24)/b4-3+. The molecule has 2 bridgehead atoms. The number of carbonyl (C=O) groups is 1. The van der Waals surface area contributed by atoms with Gasteiger partial charge in [0.25, 0.3) is 0 Å². The van der Waals surface area contributed by atoms with Crippen LogP contribution in [0.25, 0.3) is 11.3 Å². The van der Waals surface area contributed by atoms with Gasteiger partial charge in [-0.2, -0.15) is 0 Å². The fourth-order valence-corrected chi connectivity index (χ4v) is 2.83. The molecule has 126 valence electrons. The van der Waals surface area contributed by atoms with Gasteiger partial charge in [-0.05, 0) is 30.5 Å². The van der Waals surface area contributed by atoms with Crippen LogP contribution in [0.3, 0.4) is 0 Å². The van der Waals surface area contributed by atoms with E-state index < -0.39 is 0 Å². The van der Waals surface area contributed by atoms with Crippen LogP contribution in [-0.4, -0.2) is 22.9 Å². The normalized spacial score (nSPS) is 22.4. The molecule has 1 aromatic heterocycles. The van der Waals surface area contributed by atoms with Crippen molar-refractivity contribution in [1.29, 1.82) is 0 Å². The maximum Gasteiger partial charge on any atom is 0.224 e. The summed E-state index contributed by atoms with van der Waals surface area (Å²) in [6.07, 6.45) is 6.94. The van der Waals surface area contributed by atoms with Gasteiger partial charge in [-0.25, -0.2) is 4.98 Å². The summed E-state index contributed by atoms with van der Waals surface area (Å²) in [6.45, 7) is 2.02. The van der Waals surface area contributed by atoms with Gasteiger partial charge in [0.1, 0.15) is 5.82 Å². The second-order valence-electron chi connectivity index (χ2n) is 6.19. The summed E-state index contributed by atoms with van der Waals surface area (Å²) in [4.78, 5) is 20.1. The van der Waals surface area contributed by atoms with Gasteiger partial charge in [-0.15, -0.1) is 0 Å². The molecule has 1 amide bonds. The molecule has 0 fully saturated rings. The van der Waals surface area contributed by atoms with Crippen molar-refractivity contribution in [3.63, 3.8) is 0 Å². The monoisotopic (exact) mass is 325 g/mol. The average molecular weight is 325 g/mol. The Labute approximate surface area is 141 Å². The van der Waals surface area contributed by atoms with Gasteiger partial charge in [0.15, 0.2) is 0 Å². The van der Waals surface area contributed by atoms with E-state index in [-0.39, 0.29) is 17.9 Å². The molecular weight excluding hydrogens is 302 g/mol. The lowest BCUT2D eigenvalue weighted by molar-refractivity contribution is -0.116. The zero-order valence-electron chi connectivity index (χ0n) is 14.0. The van der Waals surface area contributed by atoms with Crippen molar-refractivity contribution in [2.45, 2.75) is 25.8 Å². The quantitative estimate of drug-likeness (QED) is 0.606. The van der Waals surface area contributed by atoms with Crippen molar-refractivity contribution in [1.82, 2.24) is 9.97 Å². The predicted molar refractivity (Wildman–Crippen MR) is 96.7 cm³/mol. The van der Waals surface area contributed by atoms with Crippen molar-refractivity contribution in [3.8, 4) is 11.3 Å². The maximum atomic E-state index is 12.4. The number of allylic oxidation sites excluding steroid dienone is 1. The van der Waals surface area contributed by atoms with Crippen LogP contribution in [0.15, 0.2) is 36.5 Å². The molecule has 1 aliphatic rings. The number of aromatic amines is 1. The largest absolute Gasteiger partial charge is 0.388 e. The molecule has 24 heavy (non-hydrogen) atoms. The first kappa shape index (κ1) is 16.3. The molecule has 0 aliphatic carbocycles. The first-order valence-corrected chi connectivity index (χ1v) is 8.16. The lowest BCUT2D eigenvalue weighted by Gasteiger charge is -2.13. The highest BCUT2D eigenvalue weighted by molar-refractivity contribution is 5.96. The summed E-state index contributed by atoms with van der Waals surface area (Å²) in [5.41, 5.74) is 9.63. The second-order valence-corrected chi connectivity index (χ2v) is 6.19. The molecule has 0 spiro atoms. The van der Waals surface area contributed by atoms with E-state index in [1.165, 1.54) is 0 Å². The number of nitrogens with two attached hydrogens (primary N) is 1. The number of amides is 1. The Morgan fingerprint density at radius 1 is 1.38 bits per heavy atom. The van der Waals surface area contributed by atoms with Gasteiger partial charge in [0, 0.05) is 24.7 Å². The Morgan fingerprint density at radius 2 is 2.21 bits per heavy atom. The number of imidazole rings is 1. The highest BCUT2D eigenvalue weighted by atomic mass is 16.1. The molecule has 0 saturated carbocycles. The highest BCUT2D eigenvalue weighted by Gasteiger charge is 2.16. The van der Waals surface area contributed by atoms with Crippen LogP contribution in [0.5, 0.6) is 0 Å². The van der Waals surface area contributed by atoms with Gasteiger partial charge < -0.3 is 21.4 Å². The molecule has 0 saturated heterocycles. The van der Waals surface area contributed by atoms with E-state index in [4.69, 9.17) is 5.73 Å². The third-order valence-electron chi connectivity index (χ3n) is 4.18. The highest BCUT2D eigenvalue weighted by Crippen LogP contribution is 2.31. The van der Waals surface area contributed by atoms with Gasteiger partial charge in [-0.3, -0.25) is 4.79 Å². The number of hydrogen-bond acceptors (Lipinski definition) is 4. The van der Waals surface area contributed by atoms with Crippen LogP contribution < -0.4 is 16.4 Å². The van der Waals surface area contributed by atoms with E-state index in [0.29, 0.717) is 12.8 Å². The zero-order valence-corrected chi connectivity index (χ0v) is 14.0. The molecule has 3 rings (SSSR count). The molecule has 6 heteroatoms. The molecule has 1 aromatic carbocycles. The van der Waals surface area contributed by atoms with Gasteiger partial charge in [-0.1, -0.05) is 19.1 Å². The Bertz CT molecular complexity index is 765. The van der Waals surface area contributed by atoms with Crippen molar-refractivity contribution >= 4 is 17.3 Å². The molecule has 2 aromatic rings. The van der Waals surface area contributed by atoms with Gasteiger partial charge >= 0.3 is 0 Å². The van der Waals surface area contributed by atoms with Crippen LogP contribution in [0, 0.1) is 5.92 Å². The first-order valence-electron chi connectivity index (χ1n) is 8.16. The van der Waals surface area contributed by atoms with E-state index >= 15 is 0 Å². The maximum absolute atomic E-state index is 12.4. The molecule has 1 aliphatic heterocycles. The number of hydrogen-bond donors (Lipinski definition) is 4. The molecule has 6 nitrogen and oxygen atoms in total. The van der Waals surface area contributed by atoms with Crippen LogP contribution >= 0.6 is 0 Å². The minimum atomic E-state index is -0.188. The lowest BCUT2D eigenvalue weighted by atomic mass is 10.0. The molecule has 5 N–H and O–H groups in total. The first-order chi connectivity index (χ1) is 11.6. The van der Waals surface area contributed by atoms with Crippen LogP contribution in [0.4, 0.5) is 11.4 Å². The Morgan fingerprint density at radius 3 is 3.00 bits per heavy atom. The number of fused-ring (bicyclic) bond motifs is 4. The third-order valence-corrected chi connectivity index (χ3v) is 4.18. The number of rotatable bonds is 1. The molecule has 2 atom stereocenters. The SMILES string of the molecule is CNc1ccc2c(c1)NC(=O)CC(C)/C=C/CC(N)c1ncc-2[nH]1. The number of carbonyl (C=O) groups excluding carboxylic acids is 1. The van der Waals surface area contributed by atoms with Gasteiger partial charge in [0.05, 0.1) is 23.6 Å². The third kappa shape index (κ3) is 3.49. The Kier molecular flexibility index (Phi) is 4.66. The van der Waals surface area contributed by atoms with Gasteiger partial charge in [0.2, 0.25) is 5.91 Å². The van der Waals surface area contributed by atoms with E-state index in [1.807, 2.05) is 44.3 Å². The van der Waals surface area contributed by atoms with Crippen LogP contribution in [0.1, 0.15) is 31.6 Å². The summed E-state index contributed by atoms with van der Waals surface area (Å²) in [5, 5.41) is 6.12. The number of nitrogens with zero attached hydrogens (tertiary/aromatic N) is 1. The van der Waals surface area contributed by atoms with E-state index in [9.17, 15) is 4.79 Å². The summed E-state index contributed by atoms with van der Waals surface area (Å²) >= 11 is 0. The average Bonchev–Trinajstić information content (AvgIpc) is 3.03. The topological polar surface area (TPSA) is 95.8 Å². The molecule has 0 radical (unpaired) electrons. The summed E-state index contributed by atoms with van der Waals surface area (Å²) in [6, 6.07) is 5.67. The summed E-state index contributed by atoms with van der Waals surface area (Å²) in [5.74, 6) is 0.890. The minimum Gasteiger partial charge on any atom is -0.388 e. The minimum absolute atomic E-state index is 0.00932. The van der Waals surface area contributed by atoms with Crippen molar-refractivity contribution in [2.24, 2.45) is 11.7 Å². The lowest BCUT2D eigenvalue weighted by Crippen LogP contribution is -2.15. The summed E-state index contributed by atoms with van der Waals surface area (Å²) in [7, 11) is 1.85. The molecule has 2 unspecified atom stereocenters. The van der Waals surface area contributed by atoms with Crippen molar-refractivity contribution in [3.05, 3.63) is 42.4 Å². The fraction of sp³-hybridized carbons (Fsp3) is 0.333. The number of aromatic nitrogens is 2. The number of nitrogens with one attached hydrogen (secondary N) is 3. The number of benzene rings is 1. The van der Waals surface area contributed by atoms with Crippen molar-refractivity contribution < 1.29 is 4.79 Å². The molecular formula is C18H23N5O. The number of anilines is 2. The summed E-state index contributed by atoms with van der Waals surface area (Å²) < 4.78 is 0. The second kappa shape index (κ2) is 6.88. The Hall–Kier alpha value is -2.60. The van der Waals surface area contributed by atoms with Crippen LogP contribution in [-0.2, 0) is 4.79 Å². The fourth-order valence-electron chi connectivity index (χ4n) is 2.83. The van der Waals surface area contributed by atoms with Crippen LogP contribution in [0.2, 0.25) is 0 Å². The number of H-pyrrole nitrogens is 1. The molecule has 2 heterocycles. The van der Waals surface area contributed by atoms with Crippen molar-refractivity contribution in [2.75, 3.05) is 17.7 Å². The smallest absolute Gasteiger partial charge is 0.224 e. The van der Waals surface area contributed by atoms with E-state index in [0.717, 1.165) is 28.5 Å².